The molecule has 0 saturated carbocycles. The fraction of sp³-hybridized carbons (Fsp3) is 0.174. The maximum atomic E-state index is 12.4. The van der Waals surface area contributed by atoms with Gasteiger partial charge in [-0.3, -0.25) is 4.79 Å². The van der Waals surface area contributed by atoms with Crippen molar-refractivity contribution in [1.29, 1.82) is 0 Å². The topological polar surface area (TPSA) is 41.1 Å². The molecule has 0 saturated heterocycles. The Hall–Kier alpha value is -2.91. The summed E-state index contributed by atoms with van der Waals surface area (Å²) in [7, 11) is 0. The standard InChI is InChI=1S/C23H24N2O/c1-17-11-13-21(14-12-17)23(26)25-22-10-6-7-19(15-22)16-24-18(2)20-8-4-3-5-9-20/h3-15,18,24H,16H2,1-2H3,(H,25,26). The van der Waals surface area contributed by atoms with Gasteiger partial charge in [-0.15, -0.1) is 0 Å². The van der Waals surface area contributed by atoms with Crippen molar-refractivity contribution in [1.82, 2.24) is 5.32 Å². The van der Waals surface area contributed by atoms with Crippen molar-refractivity contribution in [3.63, 3.8) is 0 Å². The first-order chi connectivity index (χ1) is 12.6. The van der Waals surface area contributed by atoms with E-state index in [-0.39, 0.29) is 11.9 Å². The molecule has 3 aromatic rings. The van der Waals surface area contributed by atoms with Gasteiger partial charge in [0.25, 0.3) is 5.91 Å². The lowest BCUT2D eigenvalue weighted by Crippen LogP contribution is -2.18. The highest BCUT2D eigenvalue weighted by molar-refractivity contribution is 6.04. The third-order valence-electron chi connectivity index (χ3n) is 4.41. The van der Waals surface area contributed by atoms with E-state index < -0.39 is 0 Å². The van der Waals surface area contributed by atoms with Crippen LogP contribution in [0.25, 0.3) is 0 Å². The molecule has 0 bridgehead atoms. The number of benzene rings is 3. The Morgan fingerprint density at radius 1 is 0.923 bits per heavy atom. The Balaban J connectivity index is 1.61. The smallest absolute Gasteiger partial charge is 0.255 e. The summed E-state index contributed by atoms with van der Waals surface area (Å²) < 4.78 is 0. The van der Waals surface area contributed by atoms with Crippen LogP contribution in [0.15, 0.2) is 78.9 Å². The van der Waals surface area contributed by atoms with Crippen molar-refractivity contribution in [3.05, 3.63) is 101 Å². The number of carbonyl (C=O) groups excluding carboxylic acids is 1. The summed E-state index contributed by atoms with van der Waals surface area (Å²) in [4.78, 5) is 12.4. The summed E-state index contributed by atoms with van der Waals surface area (Å²) in [6.45, 7) is 4.90. The van der Waals surface area contributed by atoms with Crippen LogP contribution >= 0.6 is 0 Å². The molecule has 1 amide bonds. The van der Waals surface area contributed by atoms with Crippen LogP contribution < -0.4 is 10.6 Å². The molecule has 132 valence electrons. The van der Waals surface area contributed by atoms with Crippen molar-refractivity contribution >= 4 is 11.6 Å². The highest BCUT2D eigenvalue weighted by Crippen LogP contribution is 2.15. The average molecular weight is 344 g/mol. The third-order valence-corrected chi connectivity index (χ3v) is 4.41. The minimum Gasteiger partial charge on any atom is -0.322 e. The summed E-state index contributed by atoms with van der Waals surface area (Å²) >= 11 is 0. The maximum Gasteiger partial charge on any atom is 0.255 e. The first-order valence-electron chi connectivity index (χ1n) is 8.87. The Kier molecular flexibility index (Phi) is 5.82. The average Bonchev–Trinajstić information content (AvgIpc) is 2.67. The van der Waals surface area contributed by atoms with Crippen LogP contribution in [-0.4, -0.2) is 5.91 Å². The zero-order chi connectivity index (χ0) is 18.4. The second-order valence-corrected chi connectivity index (χ2v) is 6.53. The van der Waals surface area contributed by atoms with Crippen molar-refractivity contribution in [3.8, 4) is 0 Å². The van der Waals surface area contributed by atoms with E-state index in [4.69, 9.17) is 0 Å². The molecule has 3 heteroatoms. The molecule has 0 aliphatic rings. The van der Waals surface area contributed by atoms with Gasteiger partial charge in [-0.05, 0) is 49.2 Å². The van der Waals surface area contributed by atoms with Gasteiger partial charge in [-0.2, -0.15) is 0 Å². The molecule has 0 heterocycles. The molecule has 1 atom stereocenters. The number of rotatable bonds is 6. The van der Waals surface area contributed by atoms with Gasteiger partial charge < -0.3 is 10.6 Å². The maximum absolute atomic E-state index is 12.4. The molecule has 26 heavy (non-hydrogen) atoms. The lowest BCUT2D eigenvalue weighted by Gasteiger charge is -2.15. The van der Waals surface area contributed by atoms with Gasteiger partial charge in [0.1, 0.15) is 0 Å². The normalized spacial score (nSPS) is 11.8. The summed E-state index contributed by atoms with van der Waals surface area (Å²) in [5.74, 6) is -0.0900. The molecular formula is C23H24N2O. The molecule has 2 N–H and O–H groups in total. The van der Waals surface area contributed by atoms with Crippen molar-refractivity contribution < 1.29 is 4.79 Å². The highest BCUT2D eigenvalue weighted by Gasteiger charge is 2.07. The number of hydrogen-bond donors (Lipinski definition) is 2. The highest BCUT2D eigenvalue weighted by atomic mass is 16.1. The molecule has 0 aliphatic carbocycles. The largest absolute Gasteiger partial charge is 0.322 e. The van der Waals surface area contributed by atoms with E-state index in [1.807, 2.05) is 55.5 Å². The minimum atomic E-state index is -0.0900. The molecule has 0 aromatic heterocycles. The van der Waals surface area contributed by atoms with Gasteiger partial charge in [0.05, 0.1) is 0 Å². The Morgan fingerprint density at radius 2 is 1.65 bits per heavy atom. The number of amides is 1. The lowest BCUT2D eigenvalue weighted by atomic mass is 10.1. The fourth-order valence-electron chi connectivity index (χ4n) is 2.80. The summed E-state index contributed by atoms with van der Waals surface area (Å²) in [6, 6.07) is 26.2. The number of anilines is 1. The Labute approximate surface area is 155 Å². The van der Waals surface area contributed by atoms with E-state index in [0.717, 1.165) is 23.4 Å². The van der Waals surface area contributed by atoms with Gasteiger partial charge in [0.15, 0.2) is 0 Å². The zero-order valence-electron chi connectivity index (χ0n) is 15.2. The van der Waals surface area contributed by atoms with Gasteiger partial charge >= 0.3 is 0 Å². The van der Waals surface area contributed by atoms with Gasteiger partial charge in [-0.1, -0.05) is 60.2 Å². The molecular weight excluding hydrogens is 320 g/mol. The summed E-state index contributed by atoms with van der Waals surface area (Å²) in [6.07, 6.45) is 0. The molecule has 0 radical (unpaired) electrons. The van der Waals surface area contributed by atoms with Crippen LogP contribution in [0.1, 0.15) is 40.0 Å². The van der Waals surface area contributed by atoms with Crippen LogP contribution in [0.4, 0.5) is 5.69 Å². The van der Waals surface area contributed by atoms with E-state index in [1.54, 1.807) is 0 Å². The van der Waals surface area contributed by atoms with Gasteiger partial charge in [-0.25, -0.2) is 0 Å². The molecule has 3 nitrogen and oxygen atoms in total. The fourth-order valence-corrected chi connectivity index (χ4v) is 2.80. The van der Waals surface area contributed by atoms with E-state index in [9.17, 15) is 4.79 Å². The van der Waals surface area contributed by atoms with Crippen molar-refractivity contribution in [2.24, 2.45) is 0 Å². The predicted octanol–water partition coefficient (Wildman–Crippen LogP) is 5.10. The van der Waals surface area contributed by atoms with Crippen molar-refractivity contribution in [2.45, 2.75) is 26.4 Å². The molecule has 0 fully saturated rings. The van der Waals surface area contributed by atoms with E-state index >= 15 is 0 Å². The molecule has 3 aromatic carbocycles. The monoisotopic (exact) mass is 344 g/mol. The van der Waals surface area contributed by atoms with E-state index in [0.29, 0.717) is 5.56 Å². The molecule has 3 rings (SSSR count). The second kappa shape index (κ2) is 8.45. The molecule has 1 unspecified atom stereocenters. The van der Waals surface area contributed by atoms with Crippen molar-refractivity contribution in [2.75, 3.05) is 5.32 Å². The SMILES string of the molecule is Cc1ccc(C(=O)Nc2cccc(CNC(C)c3ccccc3)c2)cc1. The van der Waals surface area contributed by atoms with Crippen LogP contribution in [0, 0.1) is 6.92 Å². The Morgan fingerprint density at radius 3 is 2.38 bits per heavy atom. The first-order valence-corrected chi connectivity index (χ1v) is 8.87. The predicted molar refractivity (Wildman–Crippen MR) is 107 cm³/mol. The third kappa shape index (κ3) is 4.80. The minimum absolute atomic E-state index is 0.0900. The van der Waals surface area contributed by atoms with Crippen LogP contribution in [0.5, 0.6) is 0 Å². The van der Waals surface area contributed by atoms with Gasteiger partial charge in [0.2, 0.25) is 0 Å². The summed E-state index contributed by atoms with van der Waals surface area (Å²) in [5, 5.41) is 6.49. The zero-order valence-corrected chi connectivity index (χ0v) is 15.2. The number of nitrogens with one attached hydrogen (secondary N) is 2. The number of carbonyl (C=O) groups is 1. The van der Waals surface area contributed by atoms with Gasteiger partial charge in [0, 0.05) is 23.8 Å². The molecule has 0 aliphatic heterocycles. The first kappa shape index (κ1) is 17.9. The Bertz CT molecular complexity index is 857. The molecule has 0 spiro atoms. The quantitative estimate of drug-likeness (QED) is 0.653. The van der Waals surface area contributed by atoms with E-state index in [2.05, 4.69) is 47.9 Å². The number of aryl methyl sites for hydroxylation is 1. The van der Waals surface area contributed by atoms with Crippen LogP contribution in [0.3, 0.4) is 0 Å². The summed E-state index contributed by atoms with van der Waals surface area (Å²) in [5.41, 5.74) is 5.01. The van der Waals surface area contributed by atoms with E-state index in [1.165, 1.54) is 5.56 Å². The number of hydrogen-bond acceptors (Lipinski definition) is 2. The van der Waals surface area contributed by atoms with Crippen LogP contribution in [-0.2, 0) is 6.54 Å². The second-order valence-electron chi connectivity index (χ2n) is 6.53. The van der Waals surface area contributed by atoms with Crippen LogP contribution in [0.2, 0.25) is 0 Å². The lowest BCUT2D eigenvalue weighted by molar-refractivity contribution is 0.102.